The summed E-state index contributed by atoms with van der Waals surface area (Å²) in [5, 5.41) is 5.67. The van der Waals surface area contributed by atoms with Crippen molar-refractivity contribution in [1.29, 1.82) is 0 Å². The minimum Gasteiger partial charge on any atom is -0.305 e. The van der Waals surface area contributed by atoms with Gasteiger partial charge >= 0.3 is 0 Å². The van der Waals surface area contributed by atoms with Crippen molar-refractivity contribution in [2.24, 2.45) is 0 Å². The summed E-state index contributed by atoms with van der Waals surface area (Å²) >= 11 is 1.78. The van der Waals surface area contributed by atoms with E-state index in [1.807, 2.05) is 6.07 Å². The lowest BCUT2D eigenvalue weighted by Crippen LogP contribution is -2.29. The molecule has 88 valence electrons. The van der Waals surface area contributed by atoms with Crippen molar-refractivity contribution in [1.82, 2.24) is 5.32 Å². The first-order chi connectivity index (χ1) is 8.25. The van der Waals surface area contributed by atoms with Crippen molar-refractivity contribution in [3.05, 3.63) is 57.0 Å². The van der Waals surface area contributed by atoms with Gasteiger partial charge in [-0.2, -0.15) is 0 Å². The van der Waals surface area contributed by atoms with Gasteiger partial charge in [0.15, 0.2) is 0 Å². The number of halogens is 1. The van der Waals surface area contributed by atoms with Crippen LogP contribution in [0.2, 0.25) is 0 Å². The van der Waals surface area contributed by atoms with Gasteiger partial charge in [-0.05, 0) is 47.5 Å². The predicted molar refractivity (Wildman–Crippen MR) is 69.0 cm³/mol. The molecule has 0 saturated carbocycles. The highest BCUT2D eigenvalue weighted by atomic mass is 32.1. The smallest absolute Gasteiger partial charge is 0.123 e. The van der Waals surface area contributed by atoms with E-state index < -0.39 is 0 Å². The fourth-order valence-electron chi connectivity index (χ4n) is 2.44. The molecule has 0 radical (unpaired) electrons. The van der Waals surface area contributed by atoms with Crippen LogP contribution < -0.4 is 5.32 Å². The third-order valence-corrected chi connectivity index (χ3v) is 4.51. The van der Waals surface area contributed by atoms with Crippen molar-refractivity contribution in [2.75, 3.05) is 6.54 Å². The molecule has 0 spiro atoms. The summed E-state index contributed by atoms with van der Waals surface area (Å²) in [6, 6.07) is 7.05. The number of rotatable bonds is 1. The van der Waals surface area contributed by atoms with Crippen molar-refractivity contribution in [3.63, 3.8) is 0 Å². The summed E-state index contributed by atoms with van der Waals surface area (Å²) in [7, 11) is 0. The molecule has 2 heterocycles. The topological polar surface area (TPSA) is 12.0 Å². The first-order valence-electron chi connectivity index (χ1n) is 5.81. The zero-order valence-electron chi connectivity index (χ0n) is 9.66. The van der Waals surface area contributed by atoms with Gasteiger partial charge in [0.25, 0.3) is 0 Å². The van der Waals surface area contributed by atoms with E-state index in [4.69, 9.17) is 0 Å². The molecule has 1 aromatic carbocycles. The molecule has 1 aliphatic rings. The lowest BCUT2D eigenvalue weighted by Gasteiger charge is -2.25. The number of hydrogen-bond donors (Lipinski definition) is 1. The zero-order chi connectivity index (χ0) is 11.8. The molecule has 0 fully saturated rings. The van der Waals surface area contributed by atoms with Gasteiger partial charge in [0, 0.05) is 11.4 Å². The average molecular weight is 247 g/mol. The van der Waals surface area contributed by atoms with Gasteiger partial charge in [0.05, 0.1) is 6.04 Å². The number of aryl methyl sites for hydroxylation is 1. The van der Waals surface area contributed by atoms with Crippen molar-refractivity contribution in [2.45, 2.75) is 19.4 Å². The van der Waals surface area contributed by atoms with Crippen LogP contribution in [0.5, 0.6) is 0 Å². The standard InChI is InChI=1S/C14H14FNS/c1-9-8-17-14-12(9)5-6-16-13(14)10-3-2-4-11(15)7-10/h2-4,7-8,13,16H,5-6H2,1H3. The van der Waals surface area contributed by atoms with Gasteiger partial charge in [-0.25, -0.2) is 4.39 Å². The summed E-state index contributed by atoms with van der Waals surface area (Å²) in [6.07, 6.45) is 1.08. The first-order valence-corrected chi connectivity index (χ1v) is 6.69. The molecule has 0 aliphatic carbocycles. The molecule has 3 heteroatoms. The summed E-state index contributed by atoms with van der Waals surface area (Å²) < 4.78 is 13.3. The number of hydrogen-bond acceptors (Lipinski definition) is 2. The first kappa shape index (κ1) is 10.9. The molecule has 1 aromatic heterocycles. The highest BCUT2D eigenvalue weighted by Gasteiger charge is 2.24. The molecule has 1 N–H and O–H groups in total. The monoisotopic (exact) mass is 247 g/mol. The maximum Gasteiger partial charge on any atom is 0.123 e. The molecule has 2 aromatic rings. The molecule has 1 aliphatic heterocycles. The largest absolute Gasteiger partial charge is 0.305 e. The van der Waals surface area contributed by atoms with Gasteiger partial charge in [-0.3, -0.25) is 0 Å². The van der Waals surface area contributed by atoms with Gasteiger partial charge in [-0.1, -0.05) is 12.1 Å². The second-order valence-corrected chi connectivity index (χ2v) is 5.36. The highest BCUT2D eigenvalue weighted by Crippen LogP contribution is 2.35. The highest BCUT2D eigenvalue weighted by molar-refractivity contribution is 7.10. The Labute approximate surface area is 104 Å². The van der Waals surface area contributed by atoms with E-state index in [1.54, 1.807) is 23.5 Å². The van der Waals surface area contributed by atoms with Crippen LogP contribution in [0.4, 0.5) is 4.39 Å². The second-order valence-electron chi connectivity index (χ2n) is 4.45. The third kappa shape index (κ3) is 1.90. The molecule has 0 bridgehead atoms. The van der Waals surface area contributed by atoms with Gasteiger partial charge in [0.2, 0.25) is 0 Å². The quantitative estimate of drug-likeness (QED) is 0.814. The van der Waals surface area contributed by atoms with Crippen LogP contribution in [0.1, 0.15) is 27.6 Å². The summed E-state index contributed by atoms with van der Waals surface area (Å²) in [6.45, 7) is 3.12. The Bertz CT molecular complexity index is 547. The fraction of sp³-hybridized carbons (Fsp3) is 0.286. The van der Waals surface area contributed by atoms with Crippen LogP contribution in [-0.4, -0.2) is 6.54 Å². The molecule has 3 rings (SSSR count). The number of benzene rings is 1. The molecule has 0 saturated heterocycles. The molecular formula is C14H14FNS. The van der Waals surface area contributed by atoms with Crippen LogP contribution in [-0.2, 0) is 6.42 Å². The molecule has 0 amide bonds. The Balaban J connectivity index is 2.06. The summed E-state index contributed by atoms with van der Waals surface area (Å²) in [4.78, 5) is 1.35. The minimum atomic E-state index is -0.162. The van der Waals surface area contributed by atoms with Gasteiger partial charge < -0.3 is 5.32 Å². The number of nitrogens with one attached hydrogen (secondary N) is 1. The molecule has 1 atom stereocenters. The maximum absolute atomic E-state index is 13.3. The molecule has 17 heavy (non-hydrogen) atoms. The Morgan fingerprint density at radius 3 is 3.12 bits per heavy atom. The second kappa shape index (κ2) is 4.24. The Kier molecular flexibility index (Phi) is 2.73. The van der Waals surface area contributed by atoms with Gasteiger partial charge in [0.1, 0.15) is 5.82 Å². The lowest BCUT2D eigenvalue weighted by molar-refractivity contribution is 0.568. The lowest BCUT2D eigenvalue weighted by atomic mass is 9.95. The third-order valence-electron chi connectivity index (χ3n) is 3.30. The maximum atomic E-state index is 13.3. The van der Waals surface area contributed by atoms with Crippen LogP contribution in [0.15, 0.2) is 29.6 Å². The molecule has 1 nitrogen and oxygen atoms in total. The van der Waals surface area contributed by atoms with Crippen LogP contribution in [0.25, 0.3) is 0 Å². The molecular weight excluding hydrogens is 233 g/mol. The van der Waals surface area contributed by atoms with E-state index >= 15 is 0 Å². The average Bonchev–Trinajstić information content (AvgIpc) is 2.71. The van der Waals surface area contributed by atoms with Gasteiger partial charge in [-0.15, -0.1) is 11.3 Å². The van der Waals surface area contributed by atoms with E-state index in [0.29, 0.717) is 0 Å². The van der Waals surface area contributed by atoms with E-state index in [1.165, 1.54) is 22.1 Å². The summed E-state index contributed by atoms with van der Waals surface area (Å²) in [5.74, 6) is -0.162. The van der Waals surface area contributed by atoms with E-state index in [0.717, 1.165) is 18.5 Å². The van der Waals surface area contributed by atoms with Crippen molar-refractivity contribution >= 4 is 11.3 Å². The van der Waals surface area contributed by atoms with Crippen LogP contribution in [0, 0.1) is 12.7 Å². The predicted octanol–water partition coefficient (Wildman–Crippen LogP) is 3.43. The Morgan fingerprint density at radius 1 is 1.41 bits per heavy atom. The number of fused-ring (bicyclic) bond motifs is 1. The molecule has 1 unspecified atom stereocenters. The van der Waals surface area contributed by atoms with E-state index in [2.05, 4.69) is 17.6 Å². The fourth-order valence-corrected chi connectivity index (χ4v) is 3.65. The van der Waals surface area contributed by atoms with Crippen LogP contribution in [0.3, 0.4) is 0 Å². The Hall–Kier alpha value is -1.19. The minimum absolute atomic E-state index is 0.160. The normalized spacial score (nSPS) is 19.1. The summed E-state index contributed by atoms with van der Waals surface area (Å²) in [5.41, 5.74) is 3.84. The van der Waals surface area contributed by atoms with E-state index in [-0.39, 0.29) is 11.9 Å². The van der Waals surface area contributed by atoms with Crippen molar-refractivity contribution < 1.29 is 4.39 Å². The van der Waals surface area contributed by atoms with Crippen molar-refractivity contribution in [3.8, 4) is 0 Å². The zero-order valence-corrected chi connectivity index (χ0v) is 10.5. The SMILES string of the molecule is Cc1csc2c1CCNC2c1cccc(F)c1. The number of thiophene rings is 1. The Morgan fingerprint density at radius 2 is 2.29 bits per heavy atom. The van der Waals surface area contributed by atoms with E-state index in [9.17, 15) is 4.39 Å². The van der Waals surface area contributed by atoms with Crippen LogP contribution >= 0.6 is 11.3 Å².